The molecule has 1 aliphatic rings. The summed E-state index contributed by atoms with van der Waals surface area (Å²) in [5.74, 6) is 0. The van der Waals surface area contributed by atoms with Crippen LogP contribution in [0.1, 0.15) is 37.6 Å². The first-order chi connectivity index (χ1) is 8.67. The lowest BCUT2D eigenvalue weighted by Crippen LogP contribution is -2.41. The lowest BCUT2D eigenvalue weighted by Gasteiger charge is -2.37. The zero-order valence-corrected chi connectivity index (χ0v) is 12.8. The topological polar surface area (TPSA) is 41.3 Å². The Hall–Kier alpha value is -0.390. The van der Waals surface area contributed by atoms with Crippen molar-refractivity contribution < 1.29 is 5.11 Å². The van der Waals surface area contributed by atoms with Gasteiger partial charge in [0, 0.05) is 25.7 Å². The molecule has 1 aliphatic carbocycles. The van der Waals surface area contributed by atoms with Crippen LogP contribution in [0.4, 0.5) is 0 Å². The highest BCUT2D eigenvalue weighted by Crippen LogP contribution is 2.28. The van der Waals surface area contributed by atoms with Crippen molar-refractivity contribution in [3.63, 3.8) is 0 Å². The Balaban J connectivity index is 2.14. The van der Waals surface area contributed by atoms with Crippen molar-refractivity contribution in [3.05, 3.63) is 15.9 Å². The van der Waals surface area contributed by atoms with E-state index in [9.17, 15) is 5.11 Å². The maximum Gasteiger partial charge on any atom is 0.0739 e. The second-order valence-electron chi connectivity index (χ2n) is 4.94. The van der Waals surface area contributed by atoms with Gasteiger partial charge in [-0.1, -0.05) is 6.42 Å². The van der Waals surface area contributed by atoms with Crippen molar-refractivity contribution in [2.45, 2.75) is 52.2 Å². The minimum Gasteiger partial charge on any atom is -0.395 e. The van der Waals surface area contributed by atoms with Crippen molar-refractivity contribution in [1.29, 1.82) is 0 Å². The SMILES string of the molecule is CCn1nc(C)c(Br)c1CN(CCO)C1CCC1. The minimum absolute atomic E-state index is 0.230. The molecule has 1 fully saturated rings. The van der Waals surface area contributed by atoms with Crippen LogP contribution in [-0.2, 0) is 13.1 Å². The molecule has 0 aromatic carbocycles. The zero-order chi connectivity index (χ0) is 13.1. The van der Waals surface area contributed by atoms with E-state index in [1.165, 1.54) is 25.0 Å². The molecule has 1 N–H and O–H groups in total. The molecule has 0 bridgehead atoms. The molecule has 0 atom stereocenters. The third-order valence-corrected chi connectivity index (χ3v) is 4.82. The molecule has 5 heteroatoms. The number of hydrogen-bond donors (Lipinski definition) is 1. The monoisotopic (exact) mass is 315 g/mol. The number of aryl methyl sites for hydroxylation is 2. The third-order valence-electron chi connectivity index (χ3n) is 3.78. The van der Waals surface area contributed by atoms with Crippen molar-refractivity contribution in [3.8, 4) is 0 Å². The summed E-state index contributed by atoms with van der Waals surface area (Å²) in [4.78, 5) is 2.39. The van der Waals surface area contributed by atoms with E-state index < -0.39 is 0 Å². The summed E-state index contributed by atoms with van der Waals surface area (Å²) in [6.45, 7) is 6.89. The molecule has 0 radical (unpaired) electrons. The smallest absolute Gasteiger partial charge is 0.0739 e. The third kappa shape index (κ3) is 2.78. The predicted octanol–water partition coefficient (Wildman–Crippen LogP) is 2.32. The average Bonchev–Trinajstić information content (AvgIpc) is 2.55. The Bertz CT molecular complexity index is 401. The molecule has 0 amide bonds. The highest BCUT2D eigenvalue weighted by Gasteiger charge is 2.26. The first-order valence-electron chi connectivity index (χ1n) is 6.74. The zero-order valence-electron chi connectivity index (χ0n) is 11.2. The summed E-state index contributed by atoms with van der Waals surface area (Å²) >= 11 is 3.64. The van der Waals surface area contributed by atoms with Gasteiger partial charge in [0.25, 0.3) is 0 Å². The molecule has 0 unspecified atom stereocenters. The van der Waals surface area contributed by atoms with Crippen LogP contribution in [0, 0.1) is 6.92 Å². The van der Waals surface area contributed by atoms with E-state index in [0.717, 1.165) is 29.8 Å². The van der Waals surface area contributed by atoms with E-state index in [2.05, 4.69) is 37.5 Å². The van der Waals surface area contributed by atoms with Gasteiger partial charge in [-0.25, -0.2) is 0 Å². The molecule has 102 valence electrons. The molecule has 0 saturated heterocycles. The Labute approximate surface area is 117 Å². The fourth-order valence-corrected chi connectivity index (χ4v) is 2.89. The largest absolute Gasteiger partial charge is 0.395 e. The van der Waals surface area contributed by atoms with Crippen LogP contribution < -0.4 is 0 Å². The molecule has 1 heterocycles. The van der Waals surface area contributed by atoms with Crippen molar-refractivity contribution in [2.24, 2.45) is 0 Å². The summed E-state index contributed by atoms with van der Waals surface area (Å²) in [7, 11) is 0. The molecule has 0 aliphatic heterocycles. The molecule has 2 rings (SSSR count). The quantitative estimate of drug-likeness (QED) is 0.876. The number of halogens is 1. The molecule has 1 aromatic rings. The van der Waals surface area contributed by atoms with E-state index in [-0.39, 0.29) is 6.61 Å². The summed E-state index contributed by atoms with van der Waals surface area (Å²) in [5, 5.41) is 13.7. The average molecular weight is 316 g/mol. The summed E-state index contributed by atoms with van der Waals surface area (Å²) < 4.78 is 3.18. The van der Waals surface area contributed by atoms with E-state index in [1.807, 2.05) is 6.92 Å². The Kier molecular flexibility index (Phi) is 4.81. The van der Waals surface area contributed by atoms with E-state index in [4.69, 9.17) is 0 Å². The molecule has 1 aromatic heterocycles. The highest BCUT2D eigenvalue weighted by molar-refractivity contribution is 9.10. The number of aliphatic hydroxyl groups is 1. The van der Waals surface area contributed by atoms with Crippen LogP contribution in [0.3, 0.4) is 0 Å². The van der Waals surface area contributed by atoms with Crippen molar-refractivity contribution >= 4 is 15.9 Å². The number of aliphatic hydroxyl groups excluding tert-OH is 1. The molecular weight excluding hydrogens is 294 g/mol. The number of hydrogen-bond acceptors (Lipinski definition) is 3. The highest BCUT2D eigenvalue weighted by atomic mass is 79.9. The predicted molar refractivity (Wildman–Crippen MR) is 75.5 cm³/mol. The van der Waals surface area contributed by atoms with Gasteiger partial charge in [-0.3, -0.25) is 9.58 Å². The molecule has 0 spiro atoms. The fourth-order valence-electron chi connectivity index (χ4n) is 2.48. The molecule has 1 saturated carbocycles. The lowest BCUT2D eigenvalue weighted by molar-refractivity contribution is 0.0917. The Morgan fingerprint density at radius 1 is 1.50 bits per heavy atom. The fraction of sp³-hybridized carbons (Fsp3) is 0.769. The van der Waals surface area contributed by atoms with Gasteiger partial charge in [-0.05, 0) is 42.6 Å². The van der Waals surface area contributed by atoms with Gasteiger partial charge in [0.15, 0.2) is 0 Å². The van der Waals surface area contributed by atoms with Crippen LogP contribution in [0.2, 0.25) is 0 Å². The molecule has 18 heavy (non-hydrogen) atoms. The number of rotatable bonds is 6. The van der Waals surface area contributed by atoms with Gasteiger partial charge >= 0.3 is 0 Å². The van der Waals surface area contributed by atoms with Crippen molar-refractivity contribution in [1.82, 2.24) is 14.7 Å². The van der Waals surface area contributed by atoms with E-state index in [0.29, 0.717) is 6.04 Å². The molecule has 4 nitrogen and oxygen atoms in total. The molecular formula is C13H22BrN3O. The van der Waals surface area contributed by atoms with Crippen LogP contribution in [0.5, 0.6) is 0 Å². The van der Waals surface area contributed by atoms with Crippen LogP contribution >= 0.6 is 15.9 Å². The maximum absolute atomic E-state index is 9.21. The minimum atomic E-state index is 0.230. The van der Waals surface area contributed by atoms with Gasteiger partial charge in [0.2, 0.25) is 0 Å². The van der Waals surface area contributed by atoms with Crippen LogP contribution in [0.25, 0.3) is 0 Å². The van der Waals surface area contributed by atoms with Gasteiger partial charge in [-0.2, -0.15) is 5.10 Å². The van der Waals surface area contributed by atoms with Gasteiger partial charge < -0.3 is 5.11 Å². The van der Waals surface area contributed by atoms with Gasteiger partial charge in [0.1, 0.15) is 0 Å². The Morgan fingerprint density at radius 2 is 2.22 bits per heavy atom. The normalized spacial score (nSPS) is 16.3. The second kappa shape index (κ2) is 6.17. The lowest BCUT2D eigenvalue weighted by atomic mass is 9.91. The van der Waals surface area contributed by atoms with Crippen LogP contribution in [-0.4, -0.2) is 39.0 Å². The maximum atomic E-state index is 9.21. The van der Waals surface area contributed by atoms with E-state index >= 15 is 0 Å². The summed E-state index contributed by atoms with van der Waals surface area (Å²) in [5.41, 5.74) is 2.28. The summed E-state index contributed by atoms with van der Waals surface area (Å²) in [6.07, 6.45) is 3.84. The van der Waals surface area contributed by atoms with Crippen LogP contribution in [0.15, 0.2) is 4.47 Å². The van der Waals surface area contributed by atoms with E-state index in [1.54, 1.807) is 0 Å². The second-order valence-corrected chi connectivity index (χ2v) is 5.73. The standard InChI is InChI=1S/C13H22BrN3O/c1-3-17-12(13(14)10(2)15-17)9-16(7-8-18)11-5-4-6-11/h11,18H,3-9H2,1-2H3. The number of aromatic nitrogens is 2. The van der Waals surface area contributed by atoms with Gasteiger partial charge in [0.05, 0.1) is 22.5 Å². The first-order valence-corrected chi connectivity index (χ1v) is 7.53. The van der Waals surface area contributed by atoms with Crippen molar-refractivity contribution in [2.75, 3.05) is 13.2 Å². The van der Waals surface area contributed by atoms with Gasteiger partial charge in [-0.15, -0.1) is 0 Å². The summed E-state index contributed by atoms with van der Waals surface area (Å²) in [6, 6.07) is 0.643. The first kappa shape index (κ1) is 14.0. The Morgan fingerprint density at radius 3 is 2.72 bits per heavy atom. The number of nitrogens with zero attached hydrogens (tertiary/aromatic N) is 3.